The predicted molar refractivity (Wildman–Crippen MR) is 58.4 cm³/mol. The third-order valence-electron chi connectivity index (χ3n) is 1.89. The molecule has 0 aliphatic carbocycles. The maximum Gasteiger partial charge on any atom is 0.176 e. The van der Waals surface area contributed by atoms with E-state index in [1.807, 2.05) is 0 Å². The Kier molecular flexibility index (Phi) is 3.60. The van der Waals surface area contributed by atoms with Crippen LogP contribution in [0.4, 0.5) is 0 Å². The van der Waals surface area contributed by atoms with Crippen molar-refractivity contribution in [3.05, 3.63) is 35.4 Å². The summed E-state index contributed by atoms with van der Waals surface area (Å²) in [5.74, 6) is -0.162. The molecule has 0 unspecified atom stereocenters. The molecular formula is C10H13NO3S. The van der Waals surface area contributed by atoms with E-state index in [4.69, 9.17) is 5.73 Å². The summed E-state index contributed by atoms with van der Waals surface area (Å²) < 4.78 is 22.0. The highest BCUT2D eigenvalue weighted by Gasteiger charge is 2.06. The minimum absolute atomic E-state index is 0.00983. The quantitative estimate of drug-likeness (QED) is 0.754. The lowest BCUT2D eigenvalue weighted by Crippen LogP contribution is -2.13. The van der Waals surface area contributed by atoms with Crippen LogP contribution in [-0.2, 0) is 15.6 Å². The van der Waals surface area contributed by atoms with Gasteiger partial charge in [-0.2, -0.15) is 0 Å². The lowest BCUT2D eigenvalue weighted by molar-refractivity contribution is 0.100. The molecule has 0 radical (unpaired) electrons. The SMILES string of the molecule is CS(=O)(=O)Cc1ccc(C(=O)CN)cc1. The van der Waals surface area contributed by atoms with E-state index in [1.165, 1.54) is 6.26 Å². The van der Waals surface area contributed by atoms with Crippen molar-refractivity contribution < 1.29 is 13.2 Å². The van der Waals surface area contributed by atoms with E-state index < -0.39 is 9.84 Å². The van der Waals surface area contributed by atoms with Gasteiger partial charge < -0.3 is 5.73 Å². The first-order chi connectivity index (χ1) is 6.92. The summed E-state index contributed by atoms with van der Waals surface area (Å²) in [6.45, 7) is -0.0363. The second-order valence-corrected chi connectivity index (χ2v) is 5.53. The van der Waals surface area contributed by atoms with E-state index in [0.29, 0.717) is 11.1 Å². The van der Waals surface area contributed by atoms with Crippen LogP contribution in [0.25, 0.3) is 0 Å². The monoisotopic (exact) mass is 227 g/mol. The number of sulfone groups is 1. The van der Waals surface area contributed by atoms with Crippen LogP contribution in [-0.4, -0.2) is 27.0 Å². The summed E-state index contributed by atoms with van der Waals surface area (Å²) in [6.07, 6.45) is 1.17. The second kappa shape index (κ2) is 4.55. The predicted octanol–water partition coefficient (Wildman–Crippen LogP) is 0.373. The molecule has 0 atom stereocenters. The molecule has 15 heavy (non-hydrogen) atoms. The van der Waals surface area contributed by atoms with E-state index >= 15 is 0 Å². The van der Waals surface area contributed by atoms with Crippen molar-refractivity contribution in [3.63, 3.8) is 0 Å². The molecule has 0 amide bonds. The molecule has 0 bridgehead atoms. The van der Waals surface area contributed by atoms with Crippen LogP contribution in [0.5, 0.6) is 0 Å². The summed E-state index contributed by atoms with van der Waals surface area (Å²) in [6, 6.07) is 6.44. The fourth-order valence-corrected chi connectivity index (χ4v) is 2.01. The van der Waals surface area contributed by atoms with Gasteiger partial charge in [-0.15, -0.1) is 0 Å². The molecule has 1 rings (SSSR count). The molecule has 0 aliphatic heterocycles. The van der Waals surface area contributed by atoms with E-state index in [9.17, 15) is 13.2 Å². The average molecular weight is 227 g/mol. The van der Waals surface area contributed by atoms with Crippen LogP contribution in [0.15, 0.2) is 24.3 Å². The Morgan fingerprint density at radius 2 is 1.80 bits per heavy atom. The second-order valence-electron chi connectivity index (χ2n) is 3.39. The third-order valence-corrected chi connectivity index (χ3v) is 2.75. The van der Waals surface area contributed by atoms with Crippen LogP contribution >= 0.6 is 0 Å². The zero-order valence-electron chi connectivity index (χ0n) is 8.43. The summed E-state index contributed by atoms with van der Waals surface area (Å²) in [5.41, 5.74) is 6.38. The molecule has 1 aromatic rings. The highest BCUT2D eigenvalue weighted by Crippen LogP contribution is 2.08. The minimum atomic E-state index is -3.03. The molecule has 0 aliphatic rings. The van der Waals surface area contributed by atoms with Crippen LogP contribution in [0, 0.1) is 0 Å². The van der Waals surface area contributed by atoms with Gasteiger partial charge >= 0.3 is 0 Å². The van der Waals surface area contributed by atoms with Gasteiger partial charge in [-0.1, -0.05) is 24.3 Å². The Bertz CT molecular complexity index is 448. The van der Waals surface area contributed by atoms with E-state index in [1.54, 1.807) is 24.3 Å². The van der Waals surface area contributed by atoms with Gasteiger partial charge in [0.05, 0.1) is 12.3 Å². The van der Waals surface area contributed by atoms with Crippen molar-refractivity contribution in [1.29, 1.82) is 0 Å². The first-order valence-corrected chi connectivity index (χ1v) is 6.48. The topological polar surface area (TPSA) is 77.2 Å². The number of nitrogens with two attached hydrogens (primary N) is 1. The molecule has 0 heterocycles. The van der Waals surface area contributed by atoms with Gasteiger partial charge in [0.1, 0.15) is 0 Å². The standard InChI is InChI=1S/C10H13NO3S/c1-15(13,14)7-8-2-4-9(5-3-8)10(12)6-11/h2-5H,6-7,11H2,1H3. The maximum atomic E-state index is 11.2. The average Bonchev–Trinajstić information content (AvgIpc) is 2.15. The summed E-state index contributed by atoms with van der Waals surface area (Å²) in [7, 11) is -3.03. The molecule has 0 aromatic heterocycles. The number of carbonyl (C=O) groups is 1. The summed E-state index contributed by atoms with van der Waals surface area (Å²) in [4.78, 5) is 11.2. The molecule has 4 nitrogen and oxygen atoms in total. The molecule has 0 saturated heterocycles. The van der Waals surface area contributed by atoms with Crippen molar-refractivity contribution in [2.24, 2.45) is 5.73 Å². The van der Waals surface area contributed by atoms with Gasteiger partial charge in [0.2, 0.25) is 0 Å². The lowest BCUT2D eigenvalue weighted by atomic mass is 10.1. The van der Waals surface area contributed by atoms with Gasteiger partial charge in [-0.05, 0) is 5.56 Å². The van der Waals surface area contributed by atoms with Gasteiger partial charge in [0, 0.05) is 11.8 Å². The Hall–Kier alpha value is -1.20. The zero-order chi connectivity index (χ0) is 11.5. The van der Waals surface area contributed by atoms with Gasteiger partial charge in [0.25, 0.3) is 0 Å². The normalized spacial score (nSPS) is 11.3. The molecule has 5 heteroatoms. The smallest absolute Gasteiger partial charge is 0.176 e. The number of carbonyl (C=O) groups excluding carboxylic acids is 1. The first kappa shape index (κ1) is 11.9. The largest absolute Gasteiger partial charge is 0.324 e. The molecule has 2 N–H and O–H groups in total. The number of rotatable bonds is 4. The summed E-state index contributed by atoms with van der Waals surface area (Å²) >= 11 is 0. The van der Waals surface area contributed by atoms with Crippen molar-refractivity contribution in [3.8, 4) is 0 Å². The highest BCUT2D eigenvalue weighted by molar-refractivity contribution is 7.89. The molecule has 1 aromatic carbocycles. The van der Waals surface area contributed by atoms with Crippen LogP contribution in [0.1, 0.15) is 15.9 Å². The van der Waals surface area contributed by atoms with Crippen LogP contribution in [0.3, 0.4) is 0 Å². The molecular weight excluding hydrogens is 214 g/mol. The zero-order valence-corrected chi connectivity index (χ0v) is 9.25. The highest BCUT2D eigenvalue weighted by atomic mass is 32.2. The molecule has 0 saturated carbocycles. The summed E-state index contributed by atoms with van der Waals surface area (Å²) in [5, 5.41) is 0. The Labute approximate surface area is 89.0 Å². The fraction of sp³-hybridized carbons (Fsp3) is 0.300. The Morgan fingerprint density at radius 3 is 2.20 bits per heavy atom. The number of benzene rings is 1. The van der Waals surface area contributed by atoms with Gasteiger partial charge in [-0.25, -0.2) is 8.42 Å². The Morgan fingerprint density at radius 1 is 1.27 bits per heavy atom. The molecule has 82 valence electrons. The molecule has 0 fully saturated rings. The fourth-order valence-electron chi connectivity index (χ4n) is 1.21. The maximum absolute atomic E-state index is 11.2. The Balaban J connectivity index is 2.86. The van der Waals surface area contributed by atoms with Crippen molar-refractivity contribution in [2.75, 3.05) is 12.8 Å². The van der Waals surface area contributed by atoms with Crippen molar-refractivity contribution in [2.45, 2.75) is 5.75 Å². The number of hydrogen-bond donors (Lipinski definition) is 1. The first-order valence-electron chi connectivity index (χ1n) is 4.42. The number of Topliss-reactive ketones (excluding diaryl/α,β-unsaturated/α-hetero) is 1. The van der Waals surface area contributed by atoms with Gasteiger partial charge in [-0.3, -0.25) is 4.79 Å². The van der Waals surface area contributed by atoms with Crippen molar-refractivity contribution >= 4 is 15.6 Å². The van der Waals surface area contributed by atoms with E-state index in [0.717, 1.165) is 0 Å². The number of hydrogen-bond acceptors (Lipinski definition) is 4. The van der Waals surface area contributed by atoms with Crippen molar-refractivity contribution in [1.82, 2.24) is 0 Å². The van der Waals surface area contributed by atoms with Crippen LogP contribution < -0.4 is 5.73 Å². The third kappa shape index (κ3) is 3.81. The lowest BCUT2D eigenvalue weighted by Gasteiger charge is -2.01. The van der Waals surface area contributed by atoms with E-state index in [-0.39, 0.29) is 18.1 Å². The van der Waals surface area contributed by atoms with Gasteiger partial charge in [0.15, 0.2) is 15.6 Å². The number of ketones is 1. The minimum Gasteiger partial charge on any atom is -0.324 e. The van der Waals surface area contributed by atoms with Crippen LogP contribution in [0.2, 0.25) is 0 Å². The van der Waals surface area contributed by atoms with E-state index in [2.05, 4.69) is 0 Å². The molecule has 0 spiro atoms.